The van der Waals surface area contributed by atoms with Crippen LogP contribution in [0, 0.1) is 12.8 Å². The molecule has 0 aromatic heterocycles. The Bertz CT molecular complexity index is 153. The van der Waals surface area contributed by atoms with Gasteiger partial charge in [-0.3, -0.25) is 0 Å². The van der Waals surface area contributed by atoms with E-state index >= 15 is 0 Å². The Kier molecular flexibility index (Phi) is 1.89. The molecular weight excluding hydrogens is 160 g/mol. The van der Waals surface area contributed by atoms with E-state index in [-0.39, 0.29) is 12.8 Å². The molecule has 0 nitrogen and oxygen atoms in total. The lowest BCUT2D eigenvalue weighted by Gasteiger charge is -2.35. The Labute approximate surface area is 62.6 Å². The molecule has 11 heavy (non-hydrogen) atoms. The lowest BCUT2D eigenvalue weighted by atomic mass is 9.84. The minimum Gasteiger partial charge on any atom is -0.200 e. The van der Waals surface area contributed by atoms with Crippen molar-refractivity contribution in [2.45, 2.75) is 31.1 Å². The van der Waals surface area contributed by atoms with Gasteiger partial charge in [0, 0.05) is 12.3 Å². The molecule has 0 heterocycles. The average molecular weight is 169 g/mol. The summed E-state index contributed by atoms with van der Waals surface area (Å²) in [5.41, 5.74) is 0. The maximum absolute atomic E-state index is 12.6. The Balaban J connectivity index is 2.82. The maximum atomic E-state index is 12.6. The van der Waals surface area contributed by atoms with Gasteiger partial charge in [-0.15, -0.1) is 0 Å². The number of alkyl halides is 4. The van der Waals surface area contributed by atoms with Gasteiger partial charge in [-0.1, -0.05) is 0 Å². The van der Waals surface area contributed by atoms with Gasteiger partial charge in [0.05, 0.1) is 0 Å². The molecule has 0 bridgehead atoms. The number of hydrogen-bond donors (Lipinski definition) is 0. The quantitative estimate of drug-likeness (QED) is 0.489. The summed E-state index contributed by atoms with van der Waals surface area (Å²) in [5, 5.41) is 0. The van der Waals surface area contributed by atoms with Crippen molar-refractivity contribution in [1.82, 2.24) is 0 Å². The Morgan fingerprint density at radius 3 is 2.09 bits per heavy atom. The van der Waals surface area contributed by atoms with Crippen molar-refractivity contribution in [2.75, 3.05) is 0 Å². The molecule has 0 saturated heterocycles. The summed E-state index contributed by atoms with van der Waals surface area (Å²) in [6, 6.07) is 0. The van der Waals surface area contributed by atoms with E-state index in [1.807, 2.05) is 0 Å². The van der Waals surface area contributed by atoms with Crippen molar-refractivity contribution in [3.63, 3.8) is 0 Å². The Morgan fingerprint density at radius 1 is 1.18 bits per heavy atom. The Morgan fingerprint density at radius 2 is 1.73 bits per heavy atom. The molecule has 1 radical (unpaired) electrons. The SMILES string of the molecule is [CH2]C1CCCC(F)(F)C1(F)F. The third kappa shape index (κ3) is 1.23. The summed E-state index contributed by atoms with van der Waals surface area (Å²) >= 11 is 0. The predicted octanol–water partition coefficient (Wildman–Crippen LogP) is 2.89. The zero-order chi connectivity index (χ0) is 8.70. The third-order valence-electron chi connectivity index (χ3n) is 2.04. The normalized spacial score (nSPS) is 35.2. The molecule has 0 aliphatic heterocycles. The largest absolute Gasteiger partial charge is 0.312 e. The highest BCUT2D eigenvalue weighted by Crippen LogP contribution is 2.48. The minimum atomic E-state index is -3.91. The summed E-state index contributed by atoms with van der Waals surface area (Å²) in [6.07, 6.45) is -0.495. The zero-order valence-corrected chi connectivity index (χ0v) is 5.92. The van der Waals surface area contributed by atoms with E-state index in [9.17, 15) is 17.6 Å². The van der Waals surface area contributed by atoms with Crippen LogP contribution in [-0.2, 0) is 0 Å². The molecule has 1 rings (SSSR count). The van der Waals surface area contributed by atoms with Crippen LogP contribution in [0.15, 0.2) is 0 Å². The van der Waals surface area contributed by atoms with Crippen LogP contribution in [-0.4, -0.2) is 11.8 Å². The van der Waals surface area contributed by atoms with E-state index in [1.165, 1.54) is 0 Å². The second-order valence-electron chi connectivity index (χ2n) is 2.92. The van der Waals surface area contributed by atoms with Crippen LogP contribution in [0.5, 0.6) is 0 Å². The maximum Gasteiger partial charge on any atom is 0.312 e. The van der Waals surface area contributed by atoms with Crippen LogP contribution in [0.1, 0.15) is 19.3 Å². The van der Waals surface area contributed by atoms with E-state index in [2.05, 4.69) is 6.92 Å². The van der Waals surface area contributed by atoms with Gasteiger partial charge in [-0.2, -0.15) is 17.6 Å². The molecule has 1 fully saturated rings. The molecule has 4 heteroatoms. The summed E-state index contributed by atoms with van der Waals surface area (Å²) < 4.78 is 50.0. The fraction of sp³-hybridized carbons (Fsp3) is 0.857. The Hall–Kier alpha value is -0.280. The van der Waals surface area contributed by atoms with Crippen molar-refractivity contribution in [3.8, 4) is 0 Å². The van der Waals surface area contributed by atoms with Crippen LogP contribution in [0.2, 0.25) is 0 Å². The van der Waals surface area contributed by atoms with Crippen molar-refractivity contribution < 1.29 is 17.6 Å². The molecule has 1 aliphatic carbocycles. The molecule has 0 N–H and O–H groups in total. The molecule has 65 valence electrons. The third-order valence-corrected chi connectivity index (χ3v) is 2.04. The van der Waals surface area contributed by atoms with Crippen LogP contribution >= 0.6 is 0 Å². The highest BCUT2D eigenvalue weighted by molar-refractivity contribution is 4.95. The topological polar surface area (TPSA) is 0 Å². The number of halogens is 4. The lowest BCUT2D eigenvalue weighted by Crippen LogP contribution is -2.48. The number of hydrogen-bond acceptors (Lipinski definition) is 0. The minimum absolute atomic E-state index is 0.0859. The first-order valence-corrected chi connectivity index (χ1v) is 3.46. The summed E-state index contributed by atoms with van der Waals surface area (Å²) in [5.74, 6) is -9.20. The van der Waals surface area contributed by atoms with Crippen LogP contribution in [0.3, 0.4) is 0 Å². The van der Waals surface area contributed by atoms with Crippen LogP contribution in [0.25, 0.3) is 0 Å². The smallest absolute Gasteiger partial charge is 0.200 e. The zero-order valence-electron chi connectivity index (χ0n) is 5.92. The van der Waals surface area contributed by atoms with E-state index in [0.29, 0.717) is 0 Å². The van der Waals surface area contributed by atoms with Crippen molar-refractivity contribution in [3.05, 3.63) is 6.92 Å². The predicted molar refractivity (Wildman–Crippen MR) is 32.6 cm³/mol. The highest BCUT2D eigenvalue weighted by Gasteiger charge is 2.60. The van der Waals surface area contributed by atoms with Crippen molar-refractivity contribution in [1.29, 1.82) is 0 Å². The first-order chi connectivity index (χ1) is 4.88. The van der Waals surface area contributed by atoms with Gasteiger partial charge in [0.15, 0.2) is 0 Å². The van der Waals surface area contributed by atoms with Crippen LogP contribution < -0.4 is 0 Å². The van der Waals surface area contributed by atoms with Gasteiger partial charge in [0.1, 0.15) is 0 Å². The summed E-state index contributed by atoms with van der Waals surface area (Å²) in [6.45, 7) is 3.02. The molecule has 1 unspecified atom stereocenters. The van der Waals surface area contributed by atoms with Crippen molar-refractivity contribution >= 4 is 0 Å². The van der Waals surface area contributed by atoms with Gasteiger partial charge in [0.25, 0.3) is 0 Å². The van der Waals surface area contributed by atoms with E-state index in [0.717, 1.165) is 0 Å². The van der Waals surface area contributed by atoms with E-state index in [1.54, 1.807) is 0 Å². The summed E-state index contributed by atoms with van der Waals surface area (Å²) in [7, 11) is 0. The molecule has 0 aromatic rings. The first kappa shape index (κ1) is 8.81. The van der Waals surface area contributed by atoms with Crippen LogP contribution in [0.4, 0.5) is 17.6 Å². The van der Waals surface area contributed by atoms with Gasteiger partial charge in [-0.25, -0.2) is 0 Å². The average Bonchev–Trinajstić information content (AvgIpc) is 1.84. The van der Waals surface area contributed by atoms with Gasteiger partial charge in [-0.05, 0) is 19.8 Å². The second kappa shape index (κ2) is 2.35. The molecule has 1 atom stereocenters. The molecular formula is C7H9F4. The standard InChI is InChI=1S/C7H9F4/c1-5-3-2-4-6(8,9)7(5,10)11/h5H,1-4H2. The van der Waals surface area contributed by atoms with Gasteiger partial charge in [0.2, 0.25) is 0 Å². The van der Waals surface area contributed by atoms with Gasteiger partial charge >= 0.3 is 11.8 Å². The van der Waals surface area contributed by atoms with Crippen molar-refractivity contribution in [2.24, 2.45) is 5.92 Å². The van der Waals surface area contributed by atoms with Gasteiger partial charge < -0.3 is 0 Å². The molecule has 0 amide bonds. The highest BCUT2D eigenvalue weighted by atomic mass is 19.3. The number of rotatable bonds is 0. The van der Waals surface area contributed by atoms with E-state index < -0.39 is 24.2 Å². The molecule has 1 saturated carbocycles. The lowest BCUT2D eigenvalue weighted by molar-refractivity contribution is -0.247. The monoisotopic (exact) mass is 169 g/mol. The van der Waals surface area contributed by atoms with E-state index in [4.69, 9.17) is 0 Å². The fourth-order valence-corrected chi connectivity index (χ4v) is 1.22. The molecule has 0 spiro atoms. The molecule has 0 aromatic carbocycles. The molecule has 1 aliphatic rings. The second-order valence-corrected chi connectivity index (χ2v) is 2.92. The first-order valence-electron chi connectivity index (χ1n) is 3.46. The fourth-order valence-electron chi connectivity index (χ4n) is 1.22. The summed E-state index contributed by atoms with van der Waals surface area (Å²) in [4.78, 5) is 0.